The average molecular weight is 303 g/mol. The van der Waals surface area contributed by atoms with Crippen LogP contribution in [-0.2, 0) is 24.9 Å². The largest absolute Gasteiger partial charge is 0.339 e. The van der Waals surface area contributed by atoms with Crippen LogP contribution in [0.5, 0.6) is 0 Å². The highest BCUT2D eigenvalue weighted by molar-refractivity contribution is 7.09. The maximum atomic E-state index is 12.3. The molecular formula is C14H17N5OS. The van der Waals surface area contributed by atoms with E-state index in [1.807, 2.05) is 44.7 Å². The maximum absolute atomic E-state index is 12.3. The molecule has 0 N–H and O–H groups in total. The van der Waals surface area contributed by atoms with Gasteiger partial charge in [-0.05, 0) is 18.4 Å². The number of rotatable bonds is 4. The maximum Gasteiger partial charge on any atom is 0.244 e. The summed E-state index contributed by atoms with van der Waals surface area (Å²) in [6, 6.07) is 4.03. The van der Waals surface area contributed by atoms with Gasteiger partial charge in [0.2, 0.25) is 5.91 Å². The molecule has 0 saturated carbocycles. The standard InChI is InChI=1S/C14H17N5OS/c1-10-14-12(18(3)15-10)8-19(16-14)9-13(20)17(2)7-11-5-4-6-21-11/h4-6,8H,7,9H2,1-3H3. The third kappa shape index (κ3) is 2.69. The van der Waals surface area contributed by atoms with Gasteiger partial charge in [-0.15, -0.1) is 11.3 Å². The first-order valence-electron chi connectivity index (χ1n) is 6.67. The van der Waals surface area contributed by atoms with Crippen molar-refractivity contribution in [2.24, 2.45) is 7.05 Å². The van der Waals surface area contributed by atoms with Crippen LogP contribution < -0.4 is 0 Å². The van der Waals surface area contributed by atoms with E-state index >= 15 is 0 Å². The minimum Gasteiger partial charge on any atom is -0.339 e. The Hall–Kier alpha value is -2.15. The van der Waals surface area contributed by atoms with Crippen LogP contribution in [0, 0.1) is 6.92 Å². The summed E-state index contributed by atoms with van der Waals surface area (Å²) < 4.78 is 3.47. The van der Waals surface area contributed by atoms with E-state index < -0.39 is 0 Å². The Labute approximate surface area is 126 Å². The van der Waals surface area contributed by atoms with Crippen LogP contribution >= 0.6 is 11.3 Å². The number of carbonyl (C=O) groups is 1. The molecule has 6 nitrogen and oxygen atoms in total. The molecule has 3 heterocycles. The Kier molecular flexibility index (Phi) is 3.50. The summed E-state index contributed by atoms with van der Waals surface area (Å²) >= 11 is 1.66. The topological polar surface area (TPSA) is 56.0 Å². The van der Waals surface area contributed by atoms with Crippen molar-refractivity contribution in [2.45, 2.75) is 20.0 Å². The molecule has 0 unspecified atom stereocenters. The highest BCUT2D eigenvalue weighted by Crippen LogP contribution is 2.15. The second-order valence-corrected chi connectivity index (χ2v) is 6.13. The van der Waals surface area contributed by atoms with E-state index in [9.17, 15) is 4.79 Å². The van der Waals surface area contributed by atoms with Crippen LogP contribution in [0.2, 0.25) is 0 Å². The molecule has 3 aromatic heterocycles. The van der Waals surface area contributed by atoms with Gasteiger partial charge in [-0.25, -0.2) is 0 Å². The molecule has 3 aromatic rings. The number of nitrogens with zero attached hydrogens (tertiary/aromatic N) is 5. The van der Waals surface area contributed by atoms with Crippen LogP contribution in [0.15, 0.2) is 23.7 Å². The Morgan fingerprint density at radius 3 is 2.90 bits per heavy atom. The lowest BCUT2D eigenvalue weighted by molar-refractivity contribution is -0.131. The van der Waals surface area contributed by atoms with Crippen LogP contribution in [0.25, 0.3) is 11.0 Å². The molecule has 0 aliphatic rings. The molecule has 3 rings (SSSR count). The van der Waals surface area contributed by atoms with E-state index in [1.165, 1.54) is 4.88 Å². The van der Waals surface area contributed by atoms with Crippen molar-refractivity contribution in [1.29, 1.82) is 0 Å². The van der Waals surface area contributed by atoms with Gasteiger partial charge in [-0.3, -0.25) is 14.2 Å². The molecule has 0 fully saturated rings. The number of amides is 1. The summed E-state index contributed by atoms with van der Waals surface area (Å²) in [6.45, 7) is 2.80. The second kappa shape index (κ2) is 5.33. The summed E-state index contributed by atoms with van der Waals surface area (Å²) in [4.78, 5) is 15.2. The van der Waals surface area contributed by atoms with Crippen LogP contribution in [0.4, 0.5) is 0 Å². The first-order valence-corrected chi connectivity index (χ1v) is 7.55. The highest BCUT2D eigenvalue weighted by atomic mass is 32.1. The number of hydrogen-bond acceptors (Lipinski definition) is 4. The molecule has 7 heteroatoms. The molecule has 110 valence electrons. The third-order valence-corrected chi connectivity index (χ3v) is 4.29. The fourth-order valence-electron chi connectivity index (χ4n) is 2.30. The van der Waals surface area contributed by atoms with Gasteiger partial charge in [0.1, 0.15) is 17.6 Å². The van der Waals surface area contributed by atoms with Gasteiger partial charge in [-0.1, -0.05) is 6.07 Å². The zero-order chi connectivity index (χ0) is 15.0. The summed E-state index contributed by atoms with van der Waals surface area (Å²) in [5.41, 5.74) is 2.68. The van der Waals surface area contributed by atoms with Gasteiger partial charge in [0.05, 0.1) is 18.4 Å². The van der Waals surface area contributed by atoms with Gasteiger partial charge >= 0.3 is 0 Å². The smallest absolute Gasteiger partial charge is 0.244 e. The number of thiophene rings is 1. The van der Waals surface area contributed by atoms with Crippen molar-refractivity contribution in [3.05, 3.63) is 34.3 Å². The second-order valence-electron chi connectivity index (χ2n) is 5.10. The fraction of sp³-hybridized carbons (Fsp3) is 0.357. The Morgan fingerprint density at radius 2 is 2.24 bits per heavy atom. The van der Waals surface area contributed by atoms with Crippen LogP contribution in [0.1, 0.15) is 10.6 Å². The van der Waals surface area contributed by atoms with E-state index in [4.69, 9.17) is 0 Å². The number of likely N-dealkylation sites (N-methyl/N-ethyl adjacent to an activating group) is 1. The van der Waals surface area contributed by atoms with Gasteiger partial charge in [0.15, 0.2) is 0 Å². The first kappa shape index (κ1) is 13.8. The normalized spacial score (nSPS) is 11.2. The van der Waals surface area contributed by atoms with Crippen LogP contribution in [0.3, 0.4) is 0 Å². The zero-order valence-electron chi connectivity index (χ0n) is 12.3. The lowest BCUT2D eigenvalue weighted by atomic mass is 10.4. The molecule has 0 aliphatic carbocycles. The third-order valence-electron chi connectivity index (χ3n) is 3.43. The molecular weight excluding hydrogens is 286 g/mol. The molecule has 0 atom stereocenters. The van der Waals surface area contributed by atoms with E-state index in [2.05, 4.69) is 10.2 Å². The quantitative estimate of drug-likeness (QED) is 0.738. The summed E-state index contributed by atoms with van der Waals surface area (Å²) in [7, 11) is 3.70. The van der Waals surface area contributed by atoms with Crippen molar-refractivity contribution in [3.8, 4) is 0 Å². The van der Waals surface area contributed by atoms with Gasteiger partial charge in [-0.2, -0.15) is 10.2 Å². The fourth-order valence-corrected chi connectivity index (χ4v) is 3.05. The SMILES string of the molecule is Cc1nn(C)c2cn(CC(=O)N(C)Cc3cccs3)nc12. The summed E-state index contributed by atoms with van der Waals surface area (Å²) in [5.74, 6) is 0.0434. The number of hydrogen-bond donors (Lipinski definition) is 0. The van der Waals surface area contributed by atoms with E-state index in [1.54, 1.807) is 25.6 Å². The minimum absolute atomic E-state index is 0.0434. The molecule has 0 aromatic carbocycles. The molecule has 0 radical (unpaired) electrons. The molecule has 21 heavy (non-hydrogen) atoms. The summed E-state index contributed by atoms with van der Waals surface area (Å²) in [6.07, 6.45) is 1.87. The summed E-state index contributed by atoms with van der Waals surface area (Å²) in [5, 5.41) is 10.8. The van der Waals surface area contributed by atoms with E-state index in [0.29, 0.717) is 6.54 Å². The first-order chi connectivity index (χ1) is 10.0. The van der Waals surface area contributed by atoms with Crippen molar-refractivity contribution in [3.63, 3.8) is 0 Å². The van der Waals surface area contributed by atoms with E-state index in [0.717, 1.165) is 16.7 Å². The molecule has 0 saturated heterocycles. The van der Waals surface area contributed by atoms with Gasteiger partial charge in [0.25, 0.3) is 0 Å². The zero-order valence-corrected chi connectivity index (χ0v) is 13.1. The Morgan fingerprint density at radius 1 is 1.43 bits per heavy atom. The van der Waals surface area contributed by atoms with Gasteiger partial charge in [0, 0.05) is 19.0 Å². The van der Waals surface area contributed by atoms with Crippen molar-refractivity contribution in [1.82, 2.24) is 24.5 Å². The Bertz CT molecular complexity index is 736. The number of aromatic nitrogens is 4. The predicted molar refractivity (Wildman–Crippen MR) is 82.0 cm³/mol. The monoisotopic (exact) mass is 303 g/mol. The van der Waals surface area contributed by atoms with E-state index in [-0.39, 0.29) is 12.5 Å². The molecule has 1 amide bonds. The average Bonchev–Trinajstić information content (AvgIpc) is 3.11. The molecule has 0 bridgehead atoms. The minimum atomic E-state index is 0.0434. The molecule has 0 spiro atoms. The Balaban J connectivity index is 1.72. The van der Waals surface area contributed by atoms with Crippen molar-refractivity contribution >= 4 is 28.3 Å². The lowest BCUT2D eigenvalue weighted by Crippen LogP contribution is -2.29. The van der Waals surface area contributed by atoms with Gasteiger partial charge < -0.3 is 4.90 Å². The van der Waals surface area contributed by atoms with Crippen LogP contribution in [-0.4, -0.2) is 37.4 Å². The number of fused-ring (bicyclic) bond motifs is 1. The highest BCUT2D eigenvalue weighted by Gasteiger charge is 2.14. The molecule has 0 aliphatic heterocycles. The van der Waals surface area contributed by atoms with Crippen molar-refractivity contribution < 1.29 is 4.79 Å². The predicted octanol–water partition coefficient (Wildman–Crippen LogP) is 1.80. The number of carbonyl (C=O) groups excluding carboxylic acids is 1. The number of aryl methyl sites for hydroxylation is 2. The van der Waals surface area contributed by atoms with Crippen molar-refractivity contribution in [2.75, 3.05) is 7.05 Å². The lowest BCUT2D eigenvalue weighted by Gasteiger charge is -2.16.